The van der Waals surface area contributed by atoms with Crippen LogP contribution in [-0.2, 0) is 13.6 Å². The summed E-state index contributed by atoms with van der Waals surface area (Å²) in [6, 6.07) is 1.86. The molecule has 0 aliphatic carbocycles. The summed E-state index contributed by atoms with van der Waals surface area (Å²) in [6.07, 6.45) is 3.34. The lowest BCUT2D eigenvalue weighted by Crippen LogP contribution is -2.35. The highest BCUT2D eigenvalue weighted by Gasteiger charge is 2.10. The molecule has 0 radical (unpaired) electrons. The lowest BCUT2D eigenvalue weighted by Gasteiger charge is -2.20. The lowest BCUT2D eigenvalue weighted by atomic mass is 10.1. The molecule has 2 aromatic heterocycles. The molecule has 0 aliphatic rings. The highest BCUT2D eigenvalue weighted by Crippen LogP contribution is 2.19. The quantitative estimate of drug-likeness (QED) is 0.926. The molecule has 0 saturated carbocycles. The van der Waals surface area contributed by atoms with Gasteiger partial charge in [0.25, 0.3) is 0 Å². The van der Waals surface area contributed by atoms with Crippen molar-refractivity contribution in [3.8, 4) is 11.8 Å². The first-order valence-corrected chi connectivity index (χ1v) is 6.58. The van der Waals surface area contributed by atoms with E-state index in [9.17, 15) is 0 Å². The third kappa shape index (κ3) is 4.03. The van der Waals surface area contributed by atoms with Gasteiger partial charge in [0.1, 0.15) is 0 Å². The fourth-order valence-electron chi connectivity index (χ4n) is 1.67. The van der Waals surface area contributed by atoms with Crippen LogP contribution < -0.4 is 10.1 Å². The van der Waals surface area contributed by atoms with Crippen LogP contribution in [0.4, 0.5) is 0 Å². The molecular formula is C14H21N5O. The van der Waals surface area contributed by atoms with Crippen LogP contribution >= 0.6 is 0 Å². The molecule has 6 heteroatoms. The number of hydrogen-bond acceptors (Lipinski definition) is 5. The van der Waals surface area contributed by atoms with Crippen molar-refractivity contribution in [1.82, 2.24) is 25.1 Å². The zero-order valence-corrected chi connectivity index (χ0v) is 12.6. The summed E-state index contributed by atoms with van der Waals surface area (Å²) in [5.74, 6) is 1.12. The number of hydrogen-bond donors (Lipinski definition) is 1. The summed E-state index contributed by atoms with van der Waals surface area (Å²) in [4.78, 5) is 8.59. The van der Waals surface area contributed by atoms with Crippen molar-refractivity contribution in [2.24, 2.45) is 7.05 Å². The largest absolute Gasteiger partial charge is 0.419 e. The van der Waals surface area contributed by atoms with Crippen molar-refractivity contribution in [2.45, 2.75) is 39.8 Å². The van der Waals surface area contributed by atoms with Crippen molar-refractivity contribution < 1.29 is 4.74 Å². The van der Waals surface area contributed by atoms with Gasteiger partial charge in [-0.1, -0.05) is 0 Å². The zero-order valence-electron chi connectivity index (χ0n) is 12.6. The summed E-state index contributed by atoms with van der Waals surface area (Å²) < 4.78 is 7.38. The van der Waals surface area contributed by atoms with Gasteiger partial charge in [-0.05, 0) is 27.7 Å². The molecule has 1 N–H and O–H groups in total. The van der Waals surface area contributed by atoms with E-state index < -0.39 is 0 Å². The lowest BCUT2D eigenvalue weighted by molar-refractivity contribution is 0.401. The molecule has 108 valence electrons. The summed E-state index contributed by atoms with van der Waals surface area (Å²) in [5, 5.41) is 7.60. The normalized spacial score (nSPS) is 11.7. The Labute approximate surface area is 119 Å². The van der Waals surface area contributed by atoms with Crippen LogP contribution in [0, 0.1) is 6.92 Å². The fraction of sp³-hybridized carbons (Fsp3) is 0.500. The van der Waals surface area contributed by atoms with E-state index in [0.29, 0.717) is 18.3 Å². The minimum Gasteiger partial charge on any atom is -0.419 e. The van der Waals surface area contributed by atoms with Gasteiger partial charge in [-0.25, -0.2) is 9.67 Å². The maximum absolute atomic E-state index is 5.70. The first-order valence-electron chi connectivity index (χ1n) is 6.58. The van der Waals surface area contributed by atoms with E-state index in [1.54, 1.807) is 17.1 Å². The van der Waals surface area contributed by atoms with Crippen LogP contribution in [0.5, 0.6) is 11.8 Å². The molecule has 0 saturated heterocycles. The minimum absolute atomic E-state index is 0.0394. The Balaban J connectivity index is 2.08. The van der Waals surface area contributed by atoms with Gasteiger partial charge in [-0.3, -0.25) is 4.98 Å². The fourth-order valence-corrected chi connectivity index (χ4v) is 1.67. The van der Waals surface area contributed by atoms with Gasteiger partial charge < -0.3 is 10.1 Å². The van der Waals surface area contributed by atoms with Crippen LogP contribution in [0.25, 0.3) is 0 Å². The van der Waals surface area contributed by atoms with Crippen molar-refractivity contribution in [3.63, 3.8) is 0 Å². The average molecular weight is 275 g/mol. The van der Waals surface area contributed by atoms with E-state index >= 15 is 0 Å². The molecule has 2 heterocycles. The number of ether oxygens (including phenoxy) is 1. The maximum atomic E-state index is 5.70. The van der Waals surface area contributed by atoms with Crippen LogP contribution in [0.3, 0.4) is 0 Å². The highest BCUT2D eigenvalue weighted by atomic mass is 16.5. The van der Waals surface area contributed by atoms with E-state index in [4.69, 9.17) is 4.74 Å². The Hall–Kier alpha value is -1.95. The Bertz CT molecular complexity index is 585. The van der Waals surface area contributed by atoms with Crippen molar-refractivity contribution in [1.29, 1.82) is 0 Å². The van der Waals surface area contributed by atoms with Gasteiger partial charge in [0, 0.05) is 31.4 Å². The van der Waals surface area contributed by atoms with Crippen LogP contribution in [0.15, 0.2) is 18.5 Å². The molecular weight excluding hydrogens is 254 g/mol. The third-order valence-corrected chi connectivity index (χ3v) is 2.63. The van der Waals surface area contributed by atoms with E-state index in [0.717, 1.165) is 11.4 Å². The molecule has 20 heavy (non-hydrogen) atoms. The molecule has 0 bridgehead atoms. The number of rotatable bonds is 4. The molecule has 2 aromatic rings. The van der Waals surface area contributed by atoms with E-state index in [1.165, 1.54) is 0 Å². The molecule has 2 rings (SSSR count). The Kier molecular flexibility index (Phi) is 4.04. The standard InChI is InChI=1S/C14H21N5O/c1-10-6-13(19(5)18-10)20-12-9-15-7-11(17-12)8-16-14(2,3)4/h6-7,9,16H,8H2,1-5H3. The first kappa shape index (κ1) is 14.5. The predicted octanol–water partition coefficient (Wildman–Crippen LogP) is 2.20. The smallest absolute Gasteiger partial charge is 0.240 e. The second-order valence-electron chi connectivity index (χ2n) is 5.80. The predicted molar refractivity (Wildman–Crippen MR) is 76.6 cm³/mol. The van der Waals surface area contributed by atoms with Crippen molar-refractivity contribution >= 4 is 0 Å². The van der Waals surface area contributed by atoms with Gasteiger partial charge in [-0.15, -0.1) is 0 Å². The van der Waals surface area contributed by atoms with Crippen LogP contribution in [0.2, 0.25) is 0 Å². The van der Waals surface area contributed by atoms with Gasteiger partial charge in [0.15, 0.2) is 0 Å². The highest BCUT2D eigenvalue weighted by molar-refractivity contribution is 5.21. The van der Waals surface area contributed by atoms with Gasteiger partial charge in [0.05, 0.1) is 17.6 Å². The van der Waals surface area contributed by atoms with Crippen LogP contribution in [0.1, 0.15) is 32.2 Å². The van der Waals surface area contributed by atoms with Crippen molar-refractivity contribution in [3.05, 3.63) is 29.8 Å². The summed E-state index contributed by atoms with van der Waals surface area (Å²) in [7, 11) is 1.83. The monoisotopic (exact) mass is 275 g/mol. The third-order valence-electron chi connectivity index (χ3n) is 2.63. The van der Waals surface area contributed by atoms with E-state index in [-0.39, 0.29) is 5.54 Å². The van der Waals surface area contributed by atoms with E-state index in [1.807, 2.05) is 20.0 Å². The molecule has 0 unspecified atom stereocenters. The van der Waals surface area contributed by atoms with Gasteiger partial charge in [0.2, 0.25) is 11.8 Å². The van der Waals surface area contributed by atoms with Crippen molar-refractivity contribution in [2.75, 3.05) is 0 Å². The topological polar surface area (TPSA) is 64.9 Å². The average Bonchev–Trinajstić information content (AvgIpc) is 2.65. The first-order chi connectivity index (χ1) is 9.33. The number of aryl methyl sites for hydroxylation is 2. The Morgan fingerprint density at radius 3 is 2.65 bits per heavy atom. The molecule has 0 aromatic carbocycles. The number of nitrogens with zero attached hydrogens (tertiary/aromatic N) is 4. The summed E-state index contributed by atoms with van der Waals surface area (Å²) >= 11 is 0. The number of nitrogens with one attached hydrogen (secondary N) is 1. The van der Waals surface area contributed by atoms with Gasteiger partial charge in [-0.2, -0.15) is 5.10 Å². The maximum Gasteiger partial charge on any atom is 0.240 e. The molecule has 0 atom stereocenters. The Morgan fingerprint density at radius 1 is 1.30 bits per heavy atom. The summed E-state index contributed by atoms with van der Waals surface area (Å²) in [5.41, 5.74) is 1.79. The second kappa shape index (κ2) is 5.58. The second-order valence-corrected chi connectivity index (χ2v) is 5.80. The zero-order chi connectivity index (χ0) is 14.8. The minimum atomic E-state index is 0.0394. The molecule has 0 spiro atoms. The van der Waals surface area contributed by atoms with Crippen LogP contribution in [-0.4, -0.2) is 25.3 Å². The molecule has 6 nitrogen and oxygen atoms in total. The Morgan fingerprint density at radius 2 is 2.05 bits per heavy atom. The molecule has 0 amide bonds. The van der Waals surface area contributed by atoms with Gasteiger partial charge >= 0.3 is 0 Å². The SMILES string of the molecule is Cc1cc(Oc2cncc(CNC(C)(C)C)n2)n(C)n1. The summed E-state index contributed by atoms with van der Waals surface area (Å²) in [6.45, 7) is 8.90. The molecule has 0 fully saturated rings. The number of aromatic nitrogens is 4. The van der Waals surface area contributed by atoms with E-state index in [2.05, 4.69) is 41.2 Å². The molecule has 0 aliphatic heterocycles.